The van der Waals surface area contributed by atoms with Crippen molar-refractivity contribution in [1.82, 2.24) is 14.8 Å². The standard InChI is InChI=1S/C15H13N3O/c1-19-15-8-3-2-7-14(15)18-11-9-13(17-18)12-6-4-5-10-16-12/h2-11H,1H3. The Kier molecular flexibility index (Phi) is 2.98. The highest BCUT2D eigenvalue weighted by atomic mass is 16.5. The minimum absolute atomic E-state index is 0.790. The molecule has 2 heterocycles. The van der Waals surface area contributed by atoms with E-state index < -0.39 is 0 Å². The van der Waals surface area contributed by atoms with E-state index in [0.717, 1.165) is 22.8 Å². The van der Waals surface area contributed by atoms with Crippen LogP contribution in [0, 0.1) is 0 Å². The molecule has 3 rings (SSSR count). The Hall–Kier alpha value is -2.62. The van der Waals surface area contributed by atoms with Crippen LogP contribution in [-0.2, 0) is 0 Å². The number of rotatable bonds is 3. The summed E-state index contributed by atoms with van der Waals surface area (Å²) in [4.78, 5) is 4.29. The van der Waals surface area contributed by atoms with Gasteiger partial charge in [-0.25, -0.2) is 4.68 Å². The van der Waals surface area contributed by atoms with Gasteiger partial charge < -0.3 is 4.74 Å². The number of methoxy groups -OCH3 is 1. The molecule has 94 valence electrons. The summed E-state index contributed by atoms with van der Waals surface area (Å²) in [6.07, 6.45) is 3.67. The van der Waals surface area contributed by atoms with Gasteiger partial charge in [-0.1, -0.05) is 18.2 Å². The molecule has 19 heavy (non-hydrogen) atoms. The second-order valence-electron chi connectivity index (χ2n) is 4.03. The van der Waals surface area contributed by atoms with E-state index in [2.05, 4.69) is 10.1 Å². The molecule has 4 heteroatoms. The Bertz CT molecular complexity index is 677. The molecule has 0 N–H and O–H groups in total. The van der Waals surface area contributed by atoms with Crippen molar-refractivity contribution in [3.63, 3.8) is 0 Å². The van der Waals surface area contributed by atoms with Crippen LogP contribution in [0.5, 0.6) is 5.75 Å². The van der Waals surface area contributed by atoms with E-state index in [9.17, 15) is 0 Å². The average molecular weight is 251 g/mol. The van der Waals surface area contributed by atoms with Gasteiger partial charge in [0, 0.05) is 12.4 Å². The third kappa shape index (κ3) is 2.20. The van der Waals surface area contributed by atoms with Gasteiger partial charge in [0.2, 0.25) is 0 Å². The molecule has 0 saturated carbocycles. The SMILES string of the molecule is COc1ccccc1-n1ccc(-c2ccccn2)n1. The molecule has 3 aromatic rings. The second kappa shape index (κ2) is 4.94. The van der Waals surface area contributed by atoms with Crippen LogP contribution in [0.2, 0.25) is 0 Å². The van der Waals surface area contributed by atoms with Crippen molar-refractivity contribution in [2.24, 2.45) is 0 Å². The number of nitrogens with zero attached hydrogens (tertiary/aromatic N) is 3. The number of hydrogen-bond donors (Lipinski definition) is 0. The lowest BCUT2D eigenvalue weighted by molar-refractivity contribution is 0.412. The molecule has 0 unspecified atom stereocenters. The molecule has 0 aliphatic rings. The summed E-state index contributed by atoms with van der Waals surface area (Å²) in [6.45, 7) is 0. The summed E-state index contributed by atoms with van der Waals surface area (Å²) in [5.74, 6) is 0.790. The fraction of sp³-hybridized carbons (Fsp3) is 0.0667. The lowest BCUT2D eigenvalue weighted by Gasteiger charge is -2.07. The highest BCUT2D eigenvalue weighted by Gasteiger charge is 2.07. The number of hydrogen-bond acceptors (Lipinski definition) is 3. The van der Waals surface area contributed by atoms with Gasteiger partial charge in [0.25, 0.3) is 0 Å². The van der Waals surface area contributed by atoms with E-state index in [1.165, 1.54) is 0 Å². The number of ether oxygens (including phenoxy) is 1. The zero-order valence-corrected chi connectivity index (χ0v) is 10.5. The predicted octanol–water partition coefficient (Wildman–Crippen LogP) is 2.94. The van der Waals surface area contributed by atoms with Crippen molar-refractivity contribution in [2.45, 2.75) is 0 Å². The third-order valence-electron chi connectivity index (χ3n) is 2.85. The van der Waals surface area contributed by atoms with Crippen molar-refractivity contribution in [3.8, 4) is 22.8 Å². The highest BCUT2D eigenvalue weighted by molar-refractivity contribution is 5.54. The molecular formula is C15H13N3O. The molecule has 0 aliphatic carbocycles. The first kappa shape index (κ1) is 11.5. The second-order valence-corrected chi connectivity index (χ2v) is 4.03. The van der Waals surface area contributed by atoms with Crippen LogP contribution in [0.3, 0.4) is 0 Å². The van der Waals surface area contributed by atoms with Gasteiger partial charge in [0.1, 0.15) is 17.1 Å². The Labute approximate surface area is 111 Å². The van der Waals surface area contributed by atoms with Gasteiger partial charge in [-0.05, 0) is 30.3 Å². The van der Waals surface area contributed by atoms with Gasteiger partial charge in [-0.15, -0.1) is 0 Å². The van der Waals surface area contributed by atoms with Gasteiger partial charge in [-0.2, -0.15) is 5.10 Å². The Morgan fingerprint density at radius 3 is 2.58 bits per heavy atom. The van der Waals surface area contributed by atoms with Crippen LogP contribution >= 0.6 is 0 Å². The van der Waals surface area contributed by atoms with Gasteiger partial charge in [0.05, 0.1) is 12.8 Å². The van der Waals surface area contributed by atoms with E-state index in [1.807, 2.05) is 54.7 Å². The number of pyridine rings is 1. The minimum Gasteiger partial charge on any atom is -0.494 e. The zero-order chi connectivity index (χ0) is 13.1. The lowest BCUT2D eigenvalue weighted by Crippen LogP contribution is -1.98. The van der Waals surface area contributed by atoms with E-state index in [-0.39, 0.29) is 0 Å². The Balaban J connectivity index is 2.02. The molecule has 0 atom stereocenters. The van der Waals surface area contributed by atoms with E-state index in [4.69, 9.17) is 4.74 Å². The van der Waals surface area contributed by atoms with Gasteiger partial charge in [0.15, 0.2) is 0 Å². The van der Waals surface area contributed by atoms with E-state index >= 15 is 0 Å². The maximum Gasteiger partial charge on any atom is 0.144 e. The molecule has 4 nitrogen and oxygen atoms in total. The normalized spacial score (nSPS) is 10.4. The first-order valence-corrected chi connectivity index (χ1v) is 5.99. The van der Waals surface area contributed by atoms with Crippen LogP contribution in [0.1, 0.15) is 0 Å². The van der Waals surface area contributed by atoms with Crippen molar-refractivity contribution in [1.29, 1.82) is 0 Å². The first-order valence-electron chi connectivity index (χ1n) is 5.99. The molecule has 0 amide bonds. The predicted molar refractivity (Wildman–Crippen MR) is 73.3 cm³/mol. The molecule has 1 aromatic carbocycles. The van der Waals surface area contributed by atoms with Gasteiger partial charge in [-0.3, -0.25) is 4.98 Å². The number of benzene rings is 1. The minimum atomic E-state index is 0.790. The van der Waals surface area contributed by atoms with Crippen LogP contribution < -0.4 is 4.74 Å². The lowest BCUT2D eigenvalue weighted by atomic mass is 10.3. The average Bonchev–Trinajstić information content (AvgIpc) is 2.98. The summed E-state index contributed by atoms with van der Waals surface area (Å²) < 4.78 is 7.13. The summed E-state index contributed by atoms with van der Waals surface area (Å²) in [7, 11) is 1.65. The molecular weight excluding hydrogens is 238 g/mol. The summed E-state index contributed by atoms with van der Waals surface area (Å²) in [5.41, 5.74) is 2.61. The fourth-order valence-electron chi connectivity index (χ4n) is 1.93. The van der Waals surface area contributed by atoms with Crippen LogP contribution in [-0.4, -0.2) is 21.9 Å². The quantitative estimate of drug-likeness (QED) is 0.718. The molecule has 0 fully saturated rings. The zero-order valence-electron chi connectivity index (χ0n) is 10.5. The van der Waals surface area contributed by atoms with Gasteiger partial charge >= 0.3 is 0 Å². The molecule has 0 saturated heterocycles. The highest BCUT2D eigenvalue weighted by Crippen LogP contribution is 2.23. The van der Waals surface area contributed by atoms with E-state index in [1.54, 1.807) is 18.0 Å². The maximum atomic E-state index is 5.34. The number of aromatic nitrogens is 3. The Morgan fingerprint density at radius 1 is 0.947 bits per heavy atom. The molecule has 2 aromatic heterocycles. The fourth-order valence-corrected chi connectivity index (χ4v) is 1.93. The Morgan fingerprint density at radius 2 is 1.79 bits per heavy atom. The van der Waals surface area contributed by atoms with Crippen LogP contribution in [0.15, 0.2) is 60.9 Å². The summed E-state index contributed by atoms with van der Waals surface area (Å²) in [5, 5.41) is 4.53. The summed E-state index contributed by atoms with van der Waals surface area (Å²) >= 11 is 0. The third-order valence-corrected chi connectivity index (χ3v) is 2.85. The smallest absolute Gasteiger partial charge is 0.144 e. The summed E-state index contributed by atoms with van der Waals surface area (Å²) in [6, 6.07) is 15.5. The molecule has 0 bridgehead atoms. The van der Waals surface area contributed by atoms with Crippen LogP contribution in [0.4, 0.5) is 0 Å². The largest absolute Gasteiger partial charge is 0.494 e. The van der Waals surface area contributed by atoms with Crippen molar-refractivity contribution in [2.75, 3.05) is 7.11 Å². The molecule has 0 aliphatic heterocycles. The molecule has 0 radical (unpaired) electrons. The van der Waals surface area contributed by atoms with Crippen molar-refractivity contribution < 1.29 is 4.74 Å². The molecule has 0 spiro atoms. The van der Waals surface area contributed by atoms with Crippen LogP contribution in [0.25, 0.3) is 17.1 Å². The first-order chi connectivity index (χ1) is 9.38. The maximum absolute atomic E-state index is 5.34. The van der Waals surface area contributed by atoms with Crippen molar-refractivity contribution >= 4 is 0 Å². The topological polar surface area (TPSA) is 39.9 Å². The monoisotopic (exact) mass is 251 g/mol. The van der Waals surface area contributed by atoms with Crippen molar-refractivity contribution in [3.05, 3.63) is 60.9 Å². The van der Waals surface area contributed by atoms with E-state index in [0.29, 0.717) is 0 Å². The number of para-hydroxylation sites is 2.